The molecule has 0 aliphatic heterocycles. The van der Waals surface area contributed by atoms with Crippen molar-refractivity contribution < 1.29 is 0 Å². The van der Waals surface area contributed by atoms with Crippen LogP contribution in [0.1, 0.15) is 62.3 Å². The van der Waals surface area contributed by atoms with Gasteiger partial charge in [0.05, 0.1) is 6.04 Å². The zero-order chi connectivity index (χ0) is 15.1. The van der Waals surface area contributed by atoms with Gasteiger partial charge in [0.25, 0.3) is 0 Å². The van der Waals surface area contributed by atoms with Crippen LogP contribution >= 0.6 is 0 Å². The topological polar surface area (TPSA) is 12.0 Å². The van der Waals surface area contributed by atoms with Gasteiger partial charge in [-0.05, 0) is 42.0 Å². The highest BCUT2D eigenvalue weighted by Gasteiger charge is 2.13. The van der Waals surface area contributed by atoms with Gasteiger partial charge >= 0.3 is 0 Å². The summed E-state index contributed by atoms with van der Waals surface area (Å²) in [7, 11) is 0. The Morgan fingerprint density at radius 2 is 1.38 bits per heavy atom. The van der Waals surface area contributed by atoms with Crippen molar-refractivity contribution in [3.8, 4) is 0 Å². The lowest BCUT2D eigenvalue weighted by atomic mass is 9.93. The summed E-state index contributed by atoms with van der Waals surface area (Å²) < 4.78 is 0. The molecule has 1 nitrogen and oxygen atoms in total. The molecular weight excluding hydrogens is 254 g/mol. The van der Waals surface area contributed by atoms with Crippen LogP contribution in [-0.4, -0.2) is 6.54 Å². The molecule has 0 fully saturated rings. The van der Waals surface area contributed by atoms with Crippen molar-refractivity contribution in [2.75, 3.05) is 6.54 Å². The van der Waals surface area contributed by atoms with Crippen molar-refractivity contribution in [3.05, 3.63) is 71.3 Å². The first-order valence-corrected chi connectivity index (χ1v) is 8.14. The molecule has 1 N–H and O–H groups in total. The second kappa shape index (κ2) is 7.99. The van der Waals surface area contributed by atoms with E-state index in [0.717, 1.165) is 13.0 Å². The predicted octanol–water partition coefficient (Wildman–Crippen LogP) is 5.29. The van der Waals surface area contributed by atoms with Crippen LogP contribution in [0.5, 0.6) is 0 Å². The van der Waals surface area contributed by atoms with Gasteiger partial charge in [-0.15, -0.1) is 0 Å². The minimum absolute atomic E-state index is 0.289. The molecule has 0 aliphatic rings. The lowest BCUT2D eigenvalue weighted by molar-refractivity contribution is 0.598. The molecule has 2 aromatic carbocycles. The first-order valence-electron chi connectivity index (χ1n) is 8.14. The second-order valence-electron chi connectivity index (χ2n) is 5.77. The van der Waals surface area contributed by atoms with Crippen LogP contribution < -0.4 is 5.32 Å². The molecule has 2 atom stereocenters. The quantitative estimate of drug-likeness (QED) is 0.727. The maximum atomic E-state index is 3.66. The summed E-state index contributed by atoms with van der Waals surface area (Å²) in [6.45, 7) is 7.78. The zero-order valence-electron chi connectivity index (χ0n) is 13.5. The van der Waals surface area contributed by atoms with Gasteiger partial charge in [0.2, 0.25) is 0 Å². The molecule has 0 radical (unpaired) electrons. The third kappa shape index (κ3) is 4.18. The Balaban J connectivity index is 2.24. The molecule has 0 aromatic heterocycles. The predicted molar refractivity (Wildman–Crippen MR) is 91.7 cm³/mol. The average molecular weight is 281 g/mol. The van der Waals surface area contributed by atoms with E-state index < -0.39 is 0 Å². The number of rotatable bonds is 7. The Hall–Kier alpha value is -1.60. The second-order valence-corrected chi connectivity index (χ2v) is 5.77. The fourth-order valence-electron chi connectivity index (χ4n) is 2.62. The molecule has 21 heavy (non-hydrogen) atoms. The summed E-state index contributed by atoms with van der Waals surface area (Å²) in [5.74, 6) is 0.637. The van der Waals surface area contributed by atoms with Crippen molar-refractivity contribution in [2.24, 2.45) is 0 Å². The van der Waals surface area contributed by atoms with Crippen molar-refractivity contribution in [2.45, 2.75) is 45.6 Å². The third-order valence-corrected chi connectivity index (χ3v) is 4.18. The lowest BCUT2D eigenvalue weighted by Crippen LogP contribution is -2.23. The molecule has 0 spiro atoms. The Morgan fingerprint density at radius 3 is 1.95 bits per heavy atom. The van der Waals surface area contributed by atoms with Gasteiger partial charge in [0.1, 0.15) is 0 Å². The first-order chi connectivity index (χ1) is 10.3. The van der Waals surface area contributed by atoms with E-state index >= 15 is 0 Å². The van der Waals surface area contributed by atoms with Gasteiger partial charge < -0.3 is 5.32 Å². The minimum atomic E-state index is 0.289. The summed E-state index contributed by atoms with van der Waals surface area (Å²) in [5, 5.41) is 3.66. The van der Waals surface area contributed by atoms with Crippen LogP contribution in [0.2, 0.25) is 0 Å². The van der Waals surface area contributed by atoms with Crippen molar-refractivity contribution in [1.29, 1.82) is 0 Å². The SMILES string of the molecule is CCCNC(c1ccccc1)c1ccc(C(C)CC)cc1. The van der Waals surface area contributed by atoms with E-state index in [-0.39, 0.29) is 6.04 Å². The molecule has 112 valence electrons. The molecular formula is C20H27N. The van der Waals surface area contributed by atoms with Crippen molar-refractivity contribution in [3.63, 3.8) is 0 Å². The van der Waals surface area contributed by atoms with Crippen LogP contribution in [0, 0.1) is 0 Å². The number of benzene rings is 2. The standard InChI is InChI=1S/C20H27N/c1-4-15-21-20(18-9-7-6-8-10-18)19-13-11-17(12-14-19)16(3)5-2/h6-14,16,20-21H,4-5,15H2,1-3H3. The largest absolute Gasteiger partial charge is 0.306 e. The molecule has 0 heterocycles. The summed E-state index contributed by atoms with van der Waals surface area (Å²) >= 11 is 0. The number of hydrogen-bond donors (Lipinski definition) is 1. The van der Waals surface area contributed by atoms with Gasteiger partial charge in [-0.1, -0.05) is 75.4 Å². The molecule has 0 saturated heterocycles. The average Bonchev–Trinajstić information content (AvgIpc) is 2.56. The minimum Gasteiger partial charge on any atom is -0.306 e. The highest BCUT2D eigenvalue weighted by Crippen LogP contribution is 2.25. The first kappa shape index (κ1) is 15.8. The smallest absolute Gasteiger partial charge is 0.0576 e. The normalized spacial score (nSPS) is 13.9. The summed E-state index contributed by atoms with van der Waals surface area (Å²) in [6.07, 6.45) is 2.34. The van der Waals surface area contributed by atoms with E-state index in [4.69, 9.17) is 0 Å². The molecule has 0 bridgehead atoms. The van der Waals surface area contributed by atoms with E-state index in [1.807, 2.05) is 0 Å². The van der Waals surface area contributed by atoms with Crippen LogP contribution in [0.25, 0.3) is 0 Å². The Bertz CT molecular complexity index is 515. The third-order valence-electron chi connectivity index (χ3n) is 4.18. The molecule has 2 rings (SSSR count). The molecule has 2 unspecified atom stereocenters. The van der Waals surface area contributed by atoms with Crippen LogP contribution in [0.15, 0.2) is 54.6 Å². The number of nitrogens with one attached hydrogen (secondary N) is 1. The maximum Gasteiger partial charge on any atom is 0.0576 e. The Morgan fingerprint density at radius 1 is 0.810 bits per heavy atom. The zero-order valence-corrected chi connectivity index (χ0v) is 13.5. The molecule has 1 heteroatoms. The van der Waals surface area contributed by atoms with E-state index in [2.05, 4.69) is 80.7 Å². The highest BCUT2D eigenvalue weighted by atomic mass is 14.9. The fraction of sp³-hybridized carbons (Fsp3) is 0.400. The van der Waals surface area contributed by atoms with Crippen molar-refractivity contribution in [1.82, 2.24) is 5.32 Å². The summed E-state index contributed by atoms with van der Waals surface area (Å²) in [4.78, 5) is 0. The fourth-order valence-corrected chi connectivity index (χ4v) is 2.62. The Labute approximate surface area is 129 Å². The van der Waals surface area contributed by atoms with E-state index in [1.54, 1.807) is 0 Å². The molecule has 0 aliphatic carbocycles. The van der Waals surface area contributed by atoms with E-state index in [0.29, 0.717) is 5.92 Å². The van der Waals surface area contributed by atoms with Crippen LogP contribution in [0.3, 0.4) is 0 Å². The molecule has 0 amide bonds. The monoisotopic (exact) mass is 281 g/mol. The Kier molecular flexibility index (Phi) is 6.01. The van der Waals surface area contributed by atoms with E-state index in [9.17, 15) is 0 Å². The number of hydrogen-bond acceptors (Lipinski definition) is 1. The van der Waals surface area contributed by atoms with Gasteiger partial charge in [0.15, 0.2) is 0 Å². The van der Waals surface area contributed by atoms with Crippen LogP contribution in [-0.2, 0) is 0 Å². The van der Waals surface area contributed by atoms with Crippen LogP contribution in [0.4, 0.5) is 0 Å². The molecule has 2 aromatic rings. The molecule has 0 saturated carbocycles. The van der Waals surface area contributed by atoms with Gasteiger partial charge in [0, 0.05) is 0 Å². The summed E-state index contributed by atoms with van der Waals surface area (Å²) in [6, 6.07) is 20.1. The van der Waals surface area contributed by atoms with E-state index in [1.165, 1.54) is 23.1 Å². The highest BCUT2D eigenvalue weighted by molar-refractivity contribution is 5.34. The lowest BCUT2D eigenvalue weighted by Gasteiger charge is -2.20. The van der Waals surface area contributed by atoms with Gasteiger partial charge in [-0.25, -0.2) is 0 Å². The maximum absolute atomic E-state index is 3.66. The van der Waals surface area contributed by atoms with Gasteiger partial charge in [-0.3, -0.25) is 0 Å². The summed E-state index contributed by atoms with van der Waals surface area (Å²) in [5.41, 5.74) is 4.12. The van der Waals surface area contributed by atoms with Crippen molar-refractivity contribution >= 4 is 0 Å². The van der Waals surface area contributed by atoms with Gasteiger partial charge in [-0.2, -0.15) is 0 Å².